The molecule has 0 bridgehead atoms. The van der Waals surface area contributed by atoms with E-state index in [1.807, 2.05) is 121 Å². The number of benzene rings is 4. The molecule has 0 spiro atoms. The van der Waals surface area contributed by atoms with Crippen molar-refractivity contribution < 1.29 is 8.83 Å². The Labute approximate surface area is 187 Å². The van der Waals surface area contributed by atoms with Gasteiger partial charge in [0.2, 0.25) is 0 Å². The molecule has 0 aliphatic carbocycles. The fourth-order valence-electron chi connectivity index (χ4n) is 3.57. The zero-order chi connectivity index (χ0) is 21.6. The summed E-state index contributed by atoms with van der Waals surface area (Å²) in [5.74, 6) is 1.80. The van der Waals surface area contributed by atoms with Gasteiger partial charge >= 0.3 is 22.7 Å². The van der Waals surface area contributed by atoms with E-state index in [4.69, 9.17) is 8.83 Å². The monoisotopic (exact) mass is 414 g/mol. The van der Waals surface area contributed by atoms with Crippen LogP contribution in [0.5, 0.6) is 0 Å². The van der Waals surface area contributed by atoms with Gasteiger partial charge in [0, 0.05) is 24.3 Å². The van der Waals surface area contributed by atoms with Gasteiger partial charge in [0.25, 0.3) is 0 Å². The van der Waals surface area contributed by atoms with Crippen molar-refractivity contribution in [2.24, 2.45) is 0 Å². The van der Waals surface area contributed by atoms with Gasteiger partial charge in [-0.25, -0.2) is 8.83 Å². The molecular formula is C30H22O2+2. The lowest BCUT2D eigenvalue weighted by Gasteiger charge is -1.91. The molecule has 2 aromatic heterocycles. The predicted molar refractivity (Wildman–Crippen MR) is 132 cm³/mol. The molecule has 0 fully saturated rings. The second kappa shape index (κ2) is 9.23. The van der Waals surface area contributed by atoms with E-state index in [9.17, 15) is 0 Å². The molecule has 0 aliphatic heterocycles. The SMILES string of the molecule is c1ccc(-c2ccc3ccccc3[o+]2)cc1.c1ccc(-c2ccc3ccccc3[o+]2)cc1. The number of fused-ring (bicyclic) bond motifs is 2. The number of rotatable bonds is 2. The Kier molecular flexibility index (Phi) is 5.67. The normalized spacial score (nSPS) is 10.5. The highest BCUT2D eigenvalue weighted by molar-refractivity contribution is 5.79. The molecule has 2 heterocycles. The first-order valence-corrected chi connectivity index (χ1v) is 10.6. The molecule has 0 radical (unpaired) electrons. The fourth-order valence-corrected chi connectivity index (χ4v) is 3.57. The van der Waals surface area contributed by atoms with Crippen molar-refractivity contribution in [3.63, 3.8) is 0 Å². The molecule has 2 nitrogen and oxygen atoms in total. The quantitative estimate of drug-likeness (QED) is 0.264. The van der Waals surface area contributed by atoms with Crippen molar-refractivity contribution in [3.8, 4) is 22.6 Å². The van der Waals surface area contributed by atoms with Crippen molar-refractivity contribution >= 4 is 21.9 Å². The zero-order valence-electron chi connectivity index (χ0n) is 17.5. The molecule has 0 amide bonds. The van der Waals surface area contributed by atoms with Crippen LogP contribution in [0.25, 0.3) is 44.6 Å². The second-order valence-corrected chi connectivity index (χ2v) is 7.41. The van der Waals surface area contributed by atoms with Crippen molar-refractivity contribution in [2.75, 3.05) is 0 Å². The molecule has 152 valence electrons. The second-order valence-electron chi connectivity index (χ2n) is 7.41. The largest absolute Gasteiger partial charge is 0.360 e. The Morgan fingerprint density at radius 2 is 0.688 bits per heavy atom. The topological polar surface area (TPSA) is 22.6 Å². The maximum Gasteiger partial charge on any atom is 0.360 e. The molecule has 0 saturated heterocycles. The van der Waals surface area contributed by atoms with Gasteiger partial charge in [-0.3, -0.25) is 0 Å². The zero-order valence-corrected chi connectivity index (χ0v) is 17.5. The molecule has 0 unspecified atom stereocenters. The molecule has 2 heteroatoms. The summed E-state index contributed by atoms with van der Waals surface area (Å²) in [5, 5.41) is 2.25. The van der Waals surface area contributed by atoms with E-state index in [1.165, 1.54) is 0 Å². The lowest BCUT2D eigenvalue weighted by molar-refractivity contribution is 0.620. The Hall–Kier alpha value is -4.30. The van der Waals surface area contributed by atoms with Crippen LogP contribution < -0.4 is 0 Å². The van der Waals surface area contributed by atoms with Crippen molar-refractivity contribution in [1.82, 2.24) is 0 Å². The van der Waals surface area contributed by atoms with Crippen LogP contribution in [0.15, 0.2) is 142 Å². The van der Waals surface area contributed by atoms with Crippen LogP contribution in [-0.2, 0) is 0 Å². The first-order valence-electron chi connectivity index (χ1n) is 10.6. The van der Waals surface area contributed by atoms with Gasteiger partial charge in [0.1, 0.15) is 0 Å². The molecule has 0 saturated carbocycles. The third kappa shape index (κ3) is 4.40. The molecule has 32 heavy (non-hydrogen) atoms. The highest BCUT2D eigenvalue weighted by atomic mass is 16.3. The van der Waals surface area contributed by atoms with E-state index in [0.717, 1.165) is 44.6 Å². The minimum Gasteiger partial charge on any atom is -0.207 e. The summed E-state index contributed by atoms with van der Waals surface area (Å²) in [6.07, 6.45) is 0. The summed E-state index contributed by atoms with van der Waals surface area (Å²) >= 11 is 0. The molecular weight excluding hydrogens is 392 g/mol. The van der Waals surface area contributed by atoms with Gasteiger partial charge in [-0.2, -0.15) is 0 Å². The van der Waals surface area contributed by atoms with Gasteiger partial charge in [0.05, 0.1) is 21.9 Å². The minimum atomic E-state index is 0.902. The van der Waals surface area contributed by atoms with E-state index in [-0.39, 0.29) is 0 Å². The van der Waals surface area contributed by atoms with Crippen LogP contribution in [0.1, 0.15) is 0 Å². The van der Waals surface area contributed by atoms with Crippen LogP contribution in [0.3, 0.4) is 0 Å². The van der Waals surface area contributed by atoms with Crippen LogP contribution >= 0.6 is 0 Å². The highest BCUT2D eigenvalue weighted by Gasteiger charge is 2.13. The summed E-state index contributed by atoms with van der Waals surface area (Å²) in [7, 11) is 0. The highest BCUT2D eigenvalue weighted by Crippen LogP contribution is 2.25. The van der Waals surface area contributed by atoms with E-state index in [2.05, 4.69) is 12.1 Å². The van der Waals surface area contributed by atoms with E-state index < -0.39 is 0 Å². The van der Waals surface area contributed by atoms with Gasteiger partial charge in [-0.1, -0.05) is 60.7 Å². The first-order chi connectivity index (χ1) is 15.9. The number of hydrogen-bond donors (Lipinski definition) is 0. The Bertz CT molecular complexity index is 1340. The van der Waals surface area contributed by atoms with Gasteiger partial charge in [0.15, 0.2) is 0 Å². The third-order valence-corrected chi connectivity index (χ3v) is 5.22. The Morgan fingerprint density at radius 3 is 1.12 bits per heavy atom. The van der Waals surface area contributed by atoms with Crippen LogP contribution in [-0.4, -0.2) is 0 Å². The molecule has 0 N–H and O–H groups in total. The van der Waals surface area contributed by atoms with Gasteiger partial charge in [-0.15, -0.1) is 0 Å². The summed E-state index contributed by atoms with van der Waals surface area (Å²) in [5.41, 5.74) is 4.05. The maximum atomic E-state index is 5.85. The summed E-state index contributed by atoms with van der Waals surface area (Å²) < 4.78 is 11.7. The third-order valence-electron chi connectivity index (χ3n) is 5.22. The molecule has 0 atom stereocenters. The van der Waals surface area contributed by atoms with Crippen molar-refractivity contribution in [3.05, 3.63) is 133 Å². The summed E-state index contributed by atoms with van der Waals surface area (Å²) in [6, 6.07) is 44.5. The molecule has 6 rings (SSSR count). The van der Waals surface area contributed by atoms with E-state index in [0.29, 0.717) is 0 Å². The van der Waals surface area contributed by atoms with Crippen molar-refractivity contribution in [1.29, 1.82) is 0 Å². The van der Waals surface area contributed by atoms with Crippen LogP contribution in [0.4, 0.5) is 0 Å². The predicted octanol–water partition coefficient (Wildman–Crippen LogP) is 8.76. The number of hydrogen-bond acceptors (Lipinski definition) is 0. The van der Waals surface area contributed by atoms with Crippen LogP contribution in [0.2, 0.25) is 0 Å². The Morgan fingerprint density at radius 1 is 0.312 bits per heavy atom. The minimum absolute atomic E-state index is 0.902. The average Bonchev–Trinajstić information content (AvgIpc) is 2.89. The first kappa shape index (κ1) is 19.7. The number of para-hydroxylation sites is 2. The standard InChI is InChI=1S/2C15H11O/c2*1-2-6-12(7-3-1)15-11-10-13-8-4-5-9-14(13)16-15/h2*1-11H/q2*+1. The smallest absolute Gasteiger partial charge is 0.207 e. The van der Waals surface area contributed by atoms with E-state index >= 15 is 0 Å². The molecule has 6 aromatic rings. The summed E-state index contributed by atoms with van der Waals surface area (Å²) in [6.45, 7) is 0. The lowest BCUT2D eigenvalue weighted by atomic mass is 10.1. The fraction of sp³-hybridized carbons (Fsp3) is 0. The van der Waals surface area contributed by atoms with Gasteiger partial charge in [-0.05, 0) is 48.5 Å². The maximum absolute atomic E-state index is 5.85. The van der Waals surface area contributed by atoms with E-state index in [1.54, 1.807) is 0 Å². The molecule has 0 aliphatic rings. The summed E-state index contributed by atoms with van der Waals surface area (Å²) in [4.78, 5) is 0. The lowest BCUT2D eigenvalue weighted by Crippen LogP contribution is -1.77. The molecule has 4 aromatic carbocycles. The van der Waals surface area contributed by atoms with Gasteiger partial charge < -0.3 is 0 Å². The average molecular weight is 415 g/mol. The Balaban J connectivity index is 0.000000135. The van der Waals surface area contributed by atoms with Crippen LogP contribution in [0, 0.1) is 0 Å². The van der Waals surface area contributed by atoms with Crippen molar-refractivity contribution in [2.45, 2.75) is 0 Å².